The maximum Gasteiger partial charge on any atom is 0.261 e. The number of carbonyl (C=O) groups is 1. The van der Waals surface area contributed by atoms with Crippen molar-refractivity contribution in [2.75, 3.05) is 10.0 Å². The Labute approximate surface area is 166 Å². The number of anilines is 2. The molecule has 5 nitrogen and oxygen atoms in total. The molecule has 0 saturated heterocycles. The van der Waals surface area contributed by atoms with E-state index in [4.69, 9.17) is 0 Å². The van der Waals surface area contributed by atoms with Gasteiger partial charge in [0.05, 0.1) is 10.6 Å². The number of halogens is 1. The highest BCUT2D eigenvalue weighted by Gasteiger charge is 2.17. The van der Waals surface area contributed by atoms with Crippen LogP contribution in [0.5, 0.6) is 0 Å². The fraction of sp³-hybridized carbons (Fsp3) is 0.0500. The summed E-state index contributed by atoms with van der Waals surface area (Å²) < 4.78 is 28.8. The minimum Gasteiger partial charge on any atom is -0.322 e. The zero-order valence-corrected chi connectivity index (χ0v) is 16.8. The van der Waals surface area contributed by atoms with Gasteiger partial charge in [-0.25, -0.2) is 8.42 Å². The van der Waals surface area contributed by atoms with Crippen molar-refractivity contribution in [2.45, 2.75) is 11.8 Å². The van der Waals surface area contributed by atoms with Crippen LogP contribution in [0.3, 0.4) is 0 Å². The van der Waals surface area contributed by atoms with Crippen molar-refractivity contribution in [1.82, 2.24) is 0 Å². The second-order valence-electron chi connectivity index (χ2n) is 5.91. The zero-order valence-electron chi connectivity index (χ0n) is 14.4. The Balaban J connectivity index is 1.84. The summed E-state index contributed by atoms with van der Waals surface area (Å²) in [5.74, 6) is -0.388. The third-order valence-corrected chi connectivity index (χ3v) is 5.73. The number of carbonyl (C=O) groups excluding carboxylic acids is 1. The quantitative estimate of drug-likeness (QED) is 0.592. The van der Waals surface area contributed by atoms with Crippen LogP contribution in [0, 0.1) is 6.92 Å². The summed E-state index contributed by atoms with van der Waals surface area (Å²) in [4.78, 5) is 12.5. The first-order chi connectivity index (χ1) is 12.8. The van der Waals surface area contributed by atoms with E-state index >= 15 is 0 Å². The summed E-state index contributed by atoms with van der Waals surface area (Å²) in [5.41, 5.74) is 2.18. The Kier molecular flexibility index (Phi) is 5.62. The number of sulfonamides is 1. The minimum atomic E-state index is -3.81. The monoisotopic (exact) mass is 444 g/mol. The van der Waals surface area contributed by atoms with E-state index in [1.54, 1.807) is 42.5 Å². The van der Waals surface area contributed by atoms with Crippen LogP contribution in [0.15, 0.2) is 82.2 Å². The first-order valence-electron chi connectivity index (χ1n) is 8.10. The Bertz CT molecular complexity index is 1100. The molecule has 0 unspecified atom stereocenters. The van der Waals surface area contributed by atoms with E-state index < -0.39 is 10.0 Å². The molecule has 0 saturated carbocycles. The molecule has 0 atom stereocenters. The Morgan fingerprint density at radius 2 is 1.67 bits per heavy atom. The van der Waals surface area contributed by atoms with Gasteiger partial charge in [0.15, 0.2) is 0 Å². The molecule has 0 fully saturated rings. The number of benzene rings is 3. The number of rotatable bonds is 5. The smallest absolute Gasteiger partial charge is 0.261 e. The minimum absolute atomic E-state index is 0.0210. The van der Waals surface area contributed by atoms with Crippen LogP contribution < -0.4 is 10.0 Å². The van der Waals surface area contributed by atoms with E-state index in [0.717, 1.165) is 10.0 Å². The maximum absolute atomic E-state index is 12.7. The Morgan fingerprint density at radius 3 is 2.41 bits per heavy atom. The SMILES string of the molecule is Cc1ccccc1NS(=O)(=O)c1cccc(C(=O)Nc2cccc(Br)c2)c1. The molecule has 3 rings (SSSR count). The first-order valence-corrected chi connectivity index (χ1v) is 10.4. The number of aryl methyl sites for hydroxylation is 1. The largest absolute Gasteiger partial charge is 0.322 e. The Morgan fingerprint density at radius 1 is 0.926 bits per heavy atom. The van der Waals surface area contributed by atoms with E-state index in [1.807, 2.05) is 25.1 Å². The molecule has 0 aromatic heterocycles. The molecule has 3 aromatic carbocycles. The molecule has 138 valence electrons. The molecule has 2 N–H and O–H groups in total. The van der Waals surface area contributed by atoms with E-state index in [-0.39, 0.29) is 16.4 Å². The highest BCUT2D eigenvalue weighted by atomic mass is 79.9. The van der Waals surface area contributed by atoms with Gasteiger partial charge in [0.2, 0.25) is 0 Å². The van der Waals surface area contributed by atoms with Crippen LogP contribution in [0.4, 0.5) is 11.4 Å². The van der Waals surface area contributed by atoms with Gasteiger partial charge < -0.3 is 5.32 Å². The molecule has 0 aliphatic heterocycles. The van der Waals surface area contributed by atoms with E-state index in [1.165, 1.54) is 12.1 Å². The van der Waals surface area contributed by atoms with Gasteiger partial charge in [-0.3, -0.25) is 9.52 Å². The zero-order chi connectivity index (χ0) is 19.4. The van der Waals surface area contributed by atoms with Crippen molar-refractivity contribution in [2.24, 2.45) is 0 Å². The van der Waals surface area contributed by atoms with Gasteiger partial charge in [-0.1, -0.05) is 46.3 Å². The second-order valence-corrected chi connectivity index (χ2v) is 8.51. The normalized spacial score (nSPS) is 11.0. The lowest BCUT2D eigenvalue weighted by molar-refractivity contribution is 0.102. The highest BCUT2D eigenvalue weighted by Crippen LogP contribution is 2.21. The third kappa shape index (κ3) is 4.75. The average Bonchev–Trinajstić information content (AvgIpc) is 2.64. The van der Waals surface area contributed by atoms with Gasteiger partial charge in [-0.15, -0.1) is 0 Å². The van der Waals surface area contributed by atoms with Crippen LogP contribution in [0.25, 0.3) is 0 Å². The van der Waals surface area contributed by atoms with E-state index in [0.29, 0.717) is 11.4 Å². The summed E-state index contributed by atoms with van der Waals surface area (Å²) in [6.45, 7) is 1.82. The summed E-state index contributed by atoms with van der Waals surface area (Å²) in [6.07, 6.45) is 0. The summed E-state index contributed by atoms with van der Waals surface area (Å²) >= 11 is 3.34. The predicted molar refractivity (Wildman–Crippen MR) is 111 cm³/mol. The molecule has 7 heteroatoms. The fourth-order valence-corrected chi connectivity index (χ4v) is 4.04. The van der Waals surface area contributed by atoms with E-state index in [2.05, 4.69) is 26.0 Å². The predicted octanol–water partition coefficient (Wildman–Crippen LogP) is 4.81. The summed E-state index contributed by atoms with van der Waals surface area (Å²) in [5, 5.41) is 2.75. The average molecular weight is 445 g/mol. The molecular formula is C20H17BrN2O3S. The lowest BCUT2D eigenvalue weighted by Crippen LogP contribution is -2.16. The molecule has 0 spiro atoms. The van der Waals surface area contributed by atoms with Crippen molar-refractivity contribution in [3.05, 3.63) is 88.4 Å². The molecule has 0 aliphatic carbocycles. The van der Waals surface area contributed by atoms with Crippen molar-refractivity contribution in [3.8, 4) is 0 Å². The van der Waals surface area contributed by atoms with Crippen LogP contribution in [-0.4, -0.2) is 14.3 Å². The lowest BCUT2D eigenvalue weighted by Gasteiger charge is -2.11. The van der Waals surface area contributed by atoms with Crippen LogP contribution in [0.2, 0.25) is 0 Å². The number of nitrogens with one attached hydrogen (secondary N) is 2. The Hall–Kier alpha value is -2.64. The van der Waals surface area contributed by atoms with Crippen molar-refractivity contribution >= 4 is 43.2 Å². The number of amides is 1. The first kappa shape index (κ1) is 19.1. The molecule has 0 heterocycles. The maximum atomic E-state index is 12.7. The molecular weight excluding hydrogens is 428 g/mol. The molecule has 0 aliphatic rings. The van der Waals surface area contributed by atoms with Crippen molar-refractivity contribution < 1.29 is 13.2 Å². The fourth-order valence-electron chi connectivity index (χ4n) is 2.47. The van der Waals surface area contributed by atoms with Crippen LogP contribution in [-0.2, 0) is 10.0 Å². The van der Waals surface area contributed by atoms with Crippen molar-refractivity contribution in [1.29, 1.82) is 0 Å². The summed E-state index contributed by atoms with van der Waals surface area (Å²) in [7, 11) is -3.81. The second kappa shape index (κ2) is 7.94. The van der Waals surface area contributed by atoms with Crippen LogP contribution in [0.1, 0.15) is 15.9 Å². The standard InChI is InChI=1S/C20H17BrN2O3S/c1-14-6-2-3-11-19(14)23-27(25,26)18-10-4-7-15(12-18)20(24)22-17-9-5-8-16(21)13-17/h2-13,23H,1H3,(H,22,24). The third-order valence-electron chi connectivity index (χ3n) is 3.88. The molecule has 0 bridgehead atoms. The lowest BCUT2D eigenvalue weighted by atomic mass is 10.2. The van der Waals surface area contributed by atoms with Gasteiger partial charge in [0, 0.05) is 15.7 Å². The van der Waals surface area contributed by atoms with Crippen molar-refractivity contribution in [3.63, 3.8) is 0 Å². The molecule has 3 aromatic rings. The highest BCUT2D eigenvalue weighted by molar-refractivity contribution is 9.10. The molecule has 1 amide bonds. The van der Waals surface area contributed by atoms with Gasteiger partial charge >= 0.3 is 0 Å². The van der Waals surface area contributed by atoms with Gasteiger partial charge in [0.1, 0.15) is 0 Å². The molecule has 0 radical (unpaired) electrons. The van der Waals surface area contributed by atoms with Gasteiger partial charge in [-0.2, -0.15) is 0 Å². The van der Waals surface area contributed by atoms with Gasteiger partial charge in [0.25, 0.3) is 15.9 Å². The van der Waals surface area contributed by atoms with Crippen LogP contribution >= 0.6 is 15.9 Å². The number of hydrogen-bond acceptors (Lipinski definition) is 3. The van der Waals surface area contributed by atoms with Gasteiger partial charge in [-0.05, 0) is 55.0 Å². The topological polar surface area (TPSA) is 75.3 Å². The molecule has 27 heavy (non-hydrogen) atoms. The number of hydrogen-bond donors (Lipinski definition) is 2. The number of para-hydroxylation sites is 1. The van der Waals surface area contributed by atoms with E-state index in [9.17, 15) is 13.2 Å². The summed E-state index contributed by atoms with van der Waals surface area (Å²) in [6, 6.07) is 20.2.